The number of nitrogens with zero attached hydrogens (tertiary/aromatic N) is 1. The Morgan fingerprint density at radius 1 is 1.38 bits per heavy atom. The maximum absolute atomic E-state index is 12.1. The van der Waals surface area contributed by atoms with E-state index in [1.54, 1.807) is 18.0 Å². The Bertz CT molecular complexity index is 482. The van der Waals surface area contributed by atoms with Crippen molar-refractivity contribution in [1.29, 1.82) is 0 Å². The number of carbonyl (C=O) groups is 1. The van der Waals surface area contributed by atoms with Gasteiger partial charge in [0.05, 0.1) is 11.4 Å². The van der Waals surface area contributed by atoms with E-state index in [-0.39, 0.29) is 24.5 Å². The number of thioether (sulfide) groups is 1. The maximum atomic E-state index is 12.1. The molecule has 5 heteroatoms. The van der Waals surface area contributed by atoms with Crippen LogP contribution in [0.15, 0.2) is 24.4 Å². The predicted octanol–water partition coefficient (Wildman–Crippen LogP) is 1.84. The first kappa shape index (κ1) is 14.9. The van der Waals surface area contributed by atoms with Crippen molar-refractivity contribution < 1.29 is 9.90 Å². The van der Waals surface area contributed by atoms with E-state index in [1.165, 1.54) is 19.3 Å². The standard InChI is InChI=1S/C16H22N2O2S/c19-8-14-11-4-5-12(7-11)16(14)18-15(20)10-21-9-13-3-1-2-6-17-13/h1-3,6,11-12,14,16,19H,4-5,7-10H2,(H,18,20). The van der Waals surface area contributed by atoms with Gasteiger partial charge in [0.1, 0.15) is 0 Å². The monoisotopic (exact) mass is 306 g/mol. The van der Waals surface area contributed by atoms with Gasteiger partial charge in [0.25, 0.3) is 0 Å². The van der Waals surface area contributed by atoms with Gasteiger partial charge in [-0.05, 0) is 43.2 Å². The van der Waals surface area contributed by atoms with E-state index in [0.29, 0.717) is 17.6 Å². The van der Waals surface area contributed by atoms with Crippen molar-refractivity contribution in [3.63, 3.8) is 0 Å². The molecule has 1 amide bonds. The highest BCUT2D eigenvalue weighted by atomic mass is 32.2. The third-order valence-electron chi connectivity index (χ3n) is 4.84. The first-order chi connectivity index (χ1) is 10.3. The molecule has 2 aliphatic carbocycles. The molecular weight excluding hydrogens is 284 g/mol. The molecule has 2 saturated carbocycles. The third kappa shape index (κ3) is 3.40. The van der Waals surface area contributed by atoms with Crippen LogP contribution in [0.25, 0.3) is 0 Å². The second kappa shape index (κ2) is 6.79. The minimum absolute atomic E-state index is 0.0898. The molecular formula is C16H22N2O2S. The van der Waals surface area contributed by atoms with Crippen molar-refractivity contribution in [1.82, 2.24) is 10.3 Å². The molecule has 2 N–H and O–H groups in total. The van der Waals surface area contributed by atoms with Crippen molar-refractivity contribution in [3.8, 4) is 0 Å². The van der Waals surface area contributed by atoms with Crippen LogP contribution in [0.2, 0.25) is 0 Å². The fraction of sp³-hybridized carbons (Fsp3) is 0.625. The normalized spacial score (nSPS) is 30.5. The van der Waals surface area contributed by atoms with Gasteiger partial charge in [-0.1, -0.05) is 6.07 Å². The molecule has 1 aromatic heterocycles. The highest BCUT2D eigenvalue weighted by molar-refractivity contribution is 7.99. The van der Waals surface area contributed by atoms with Crippen LogP contribution in [0.5, 0.6) is 0 Å². The molecule has 21 heavy (non-hydrogen) atoms. The van der Waals surface area contributed by atoms with Crippen molar-refractivity contribution in [3.05, 3.63) is 30.1 Å². The number of hydrogen-bond acceptors (Lipinski definition) is 4. The summed E-state index contributed by atoms with van der Waals surface area (Å²) in [7, 11) is 0. The number of amides is 1. The van der Waals surface area contributed by atoms with Crippen molar-refractivity contribution in [2.75, 3.05) is 12.4 Å². The fourth-order valence-electron chi connectivity index (χ4n) is 3.86. The summed E-state index contributed by atoms with van der Waals surface area (Å²) < 4.78 is 0. The zero-order valence-corrected chi connectivity index (χ0v) is 12.9. The van der Waals surface area contributed by atoms with Crippen molar-refractivity contribution >= 4 is 17.7 Å². The summed E-state index contributed by atoms with van der Waals surface area (Å²) in [6.07, 6.45) is 5.37. The first-order valence-electron chi connectivity index (χ1n) is 7.66. The van der Waals surface area contributed by atoms with Crippen molar-refractivity contribution in [2.45, 2.75) is 31.1 Å². The van der Waals surface area contributed by atoms with Gasteiger partial charge < -0.3 is 10.4 Å². The van der Waals surface area contributed by atoms with E-state index >= 15 is 0 Å². The number of aliphatic hydroxyl groups excluding tert-OH is 1. The molecule has 0 saturated heterocycles. The van der Waals surface area contributed by atoms with Gasteiger partial charge in [0.15, 0.2) is 0 Å². The lowest BCUT2D eigenvalue weighted by Crippen LogP contribution is -2.45. The Morgan fingerprint density at radius 2 is 2.24 bits per heavy atom. The minimum Gasteiger partial charge on any atom is -0.396 e. The molecule has 4 nitrogen and oxygen atoms in total. The zero-order chi connectivity index (χ0) is 14.7. The van der Waals surface area contributed by atoms with E-state index in [0.717, 1.165) is 11.4 Å². The molecule has 1 heterocycles. The van der Waals surface area contributed by atoms with Gasteiger partial charge in [0, 0.05) is 30.5 Å². The van der Waals surface area contributed by atoms with E-state index in [9.17, 15) is 9.90 Å². The predicted molar refractivity (Wildman–Crippen MR) is 83.7 cm³/mol. The van der Waals surface area contributed by atoms with Crippen LogP contribution in [-0.2, 0) is 10.5 Å². The van der Waals surface area contributed by atoms with Gasteiger partial charge in [-0.15, -0.1) is 11.8 Å². The average molecular weight is 306 g/mol. The Hall–Kier alpha value is -1.07. The molecule has 3 rings (SSSR count). The van der Waals surface area contributed by atoms with Gasteiger partial charge in [0.2, 0.25) is 5.91 Å². The fourth-order valence-corrected chi connectivity index (χ4v) is 4.61. The highest BCUT2D eigenvalue weighted by Gasteiger charge is 2.47. The zero-order valence-electron chi connectivity index (χ0n) is 12.1. The second-order valence-electron chi connectivity index (χ2n) is 6.09. The lowest BCUT2D eigenvalue weighted by molar-refractivity contribution is -0.120. The summed E-state index contributed by atoms with van der Waals surface area (Å²) in [5.41, 5.74) is 1.00. The van der Waals surface area contributed by atoms with Crippen LogP contribution in [0.3, 0.4) is 0 Å². The van der Waals surface area contributed by atoms with Crippen LogP contribution < -0.4 is 5.32 Å². The van der Waals surface area contributed by atoms with Gasteiger partial charge in [-0.25, -0.2) is 0 Å². The van der Waals surface area contributed by atoms with Crippen LogP contribution in [-0.4, -0.2) is 34.4 Å². The van der Waals surface area contributed by atoms with E-state index in [4.69, 9.17) is 0 Å². The third-order valence-corrected chi connectivity index (χ3v) is 5.80. The Kier molecular flexibility index (Phi) is 4.80. The molecule has 0 aliphatic heterocycles. The molecule has 2 fully saturated rings. The summed E-state index contributed by atoms with van der Waals surface area (Å²) in [6, 6.07) is 6.02. The quantitative estimate of drug-likeness (QED) is 0.842. The topological polar surface area (TPSA) is 62.2 Å². The number of fused-ring (bicyclic) bond motifs is 2. The number of aliphatic hydroxyl groups is 1. The van der Waals surface area contributed by atoms with E-state index in [2.05, 4.69) is 10.3 Å². The smallest absolute Gasteiger partial charge is 0.230 e. The summed E-state index contributed by atoms with van der Waals surface area (Å²) >= 11 is 1.59. The molecule has 0 aromatic carbocycles. The lowest BCUT2D eigenvalue weighted by atomic mass is 9.85. The summed E-state index contributed by atoms with van der Waals surface area (Å²) in [5.74, 6) is 2.78. The van der Waals surface area contributed by atoms with Gasteiger partial charge in [-0.2, -0.15) is 0 Å². The number of rotatable bonds is 6. The number of carbonyl (C=O) groups excluding carboxylic acids is 1. The summed E-state index contributed by atoms with van der Waals surface area (Å²) in [6.45, 7) is 0.202. The van der Waals surface area contributed by atoms with Crippen LogP contribution in [0.1, 0.15) is 25.0 Å². The number of pyridine rings is 1. The molecule has 0 radical (unpaired) electrons. The molecule has 2 aliphatic rings. The highest BCUT2D eigenvalue weighted by Crippen LogP contribution is 2.48. The van der Waals surface area contributed by atoms with Crippen LogP contribution >= 0.6 is 11.8 Å². The van der Waals surface area contributed by atoms with E-state index in [1.807, 2.05) is 18.2 Å². The summed E-state index contributed by atoms with van der Waals surface area (Å²) in [4.78, 5) is 16.3. The SMILES string of the molecule is O=C(CSCc1ccccn1)NC1C2CCC(C2)C1CO. The molecule has 4 atom stereocenters. The van der Waals surface area contributed by atoms with Crippen LogP contribution in [0.4, 0.5) is 0 Å². The average Bonchev–Trinajstić information content (AvgIpc) is 3.09. The maximum Gasteiger partial charge on any atom is 0.230 e. The molecule has 2 bridgehead atoms. The molecule has 114 valence electrons. The Labute approximate surface area is 129 Å². The molecule has 1 aromatic rings. The second-order valence-corrected chi connectivity index (χ2v) is 7.07. The number of nitrogens with one attached hydrogen (secondary N) is 1. The molecule has 0 spiro atoms. The van der Waals surface area contributed by atoms with Crippen molar-refractivity contribution in [2.24, 2.45) is 17.8 Å². The lowest BCUT2D eigenvalue weighted by Gasteiger charge is -2.30. The first-order valence-corrected chi connectivity index (χ1v) is 8.81. The van der Waals surface area contributed by atoms with E-state index < -0.39 is 0 Å². The summed E-state index contributed by atoms with van der Waals surface area (Å²) in [5, 5.41) is 12.7. The number of hydrogen-bond donors (Lipinski definition) is 2. The van der Waals surface area contributed by atoms with Crippen LogP contribution in [0, 0.1) is 17.8 Å². The molecule has 4 unspecified atom stereocenters. The van der Waals surface area contributed by atoms with Gasteiger partial charge in [-0.3, -0.25) is 9.78 Å². The minimum atomic E-state index is 0.0898. The Balaban J connectivity index is 1.44. The largest absolute Gasteiger partial charge is 0.396 e. The Morgan fingerprint density at radius 3 is 3.00 bits per heavy atom. The van der Waals surface area contributed by atoms with Gasteiger partial charge >= 0.3 is 0 Å². The number of aromatic nitrogens is 1.